The van der Waals surface area contributed by atoms with Crippen LogP contribution in [0.25, 0.3) is 10.9 Å². The van der Waals surface area contributed by atoms with Crippen molar-refractivity contribution in [3.8, 4) is 0 Å². The van der Waals surface area contributed by atoms with Crippen molar-refractivity contribution in [3.63, 3.8) is 0 Å². The average molecular weight is 260 g/mol. The average Bonchev–Trinajstić information content (AvgIpc) is 2.56. The molecule has 0 saturated heterocycles. The fraction of sp³-hybridized carbons (Fsp3) is 0.333. The molecule has 18 heavy (non-hydrogen) atoms. The van der Waals surface area contributed by atoms with Gasteiger partial charge in [0.15, 0.2) is 0 Å². The highest BCUT2D eigenvalue weighted by Crippen LogP contribution is 2.36. The van der Waals surface area contributed by atoms with Crippen molar-refractivity contribution in [2.75, 3.05) is 6.54 Å². The van der Waals surface area contributed by atoms with Gasteiger partial charge in [-0.25, -0.2) is 4.39 Å². The smallest absolute Gasteiger partial charge is 0.341 e. The van der Waals surface area contributed by atoms with E-state index in [2.05, 4.69) is 0 Å². The van der Waals surface area contributed by atoms with E-state index in [4.69, 9.17) is 5.73 Å². The summed E-state index contributed by atoms with van der Waals surface area (Å²) < 4.78 is 53.7. The molecule has 2 rings (SSSR count). The van der Waals surface area contributed by atoms with Crippen LogP contribution in [0.15, 0.2) is 18.2 Å². The lowest BCUT2D eigenvalue weighted by molar-refractivity contribution is -0.136. The summed E-state index contributed by atoms with van der Waals surface area (Å²) in [5.41, 5.74) is 5.09. The maximum atomic E-state index is 13.7. The highest BCUT2D eigenvalue weighted by Gasteiger charge is 2.34. The van der Waals surface area contributed by atoms with E-state index in [0.29, 0.717) is 5.69 Å². The number of nitrogens with two attached hydrogens (primary N) is 1. The van der Waals surface area contributed by atoms with Crippen molar-refractivity contribution in [2.24, 2.45) is 5.73 Å². The van der Waals surface area contributed by atoms with Gasteiger partial charge in [0.05, 0.1) is 11.1 Å². The topological polar surface area (TPSA) is 30.9 Å². The molecule has 6 heteroatoms. The van der Waals surface area contributed by atoms with E-state index < -0.39 is 17.6 Å². The van der Waals surface area contributed by atoms with Crippen molar-refractivity contribution in [2.45, 2.75) is 19.6 Å². The van der Waals surface area contributed by atoms with E-state index in [1.165, 1.54) is 10.6 Å². The Hall–Kier alpha value is -1.56. The zero-order valence-electron chi connectivity index (χ0n) is 9.68. The summed E-state index contributed by atoms with van der Waals surface area (Å²) in [6.45, 7) is 2.16. The monoisotopic (exact) mass is 260 g/mol. The Kier molecular flexibility index (Phi) is 3.06. The quantitative estimate of drug-likeness (QED) is 0.826. The lowest BCUT2D eigenvalue weighted by Crippen LogP contribution is -2.12. The number of aromatic nitrogens is 1. The molecule has 1 aromatic carbocycles. The Labute approximate surface area is 101 Å². The standard InChI is InChI=1S/C12H12F4N2/c1-7-6-8-9(12(14,15)16)2-3-10(13)11(8)18(7)5-4-17/h2-3,6H,4-5,17H2,1H3. The van der Waals surface area contributed by atoms with Crippen molar-refractivity contribution < 1.29 is 17.6 Å². The van der Waals surface area contributed by atoms with Gasteiger partial charge in [0, 0.05) is 24.2 Å². The predicted octanol–water partition coefficient (Wildman–Crippen LogP) is 3.07. The second-order valence-corrected chi connectivity index (χ2v) is 4.08. The minimum absolute atomic E-state index is 0.0345. The van der Waals surface area contributed by atoms with Gasteiger partial charge < -0.3 is 10.3 Å². The predicted molar refractivity (Wildman–Crippen MR) is 60.7 cm³/mol. The van der Waals surface area contributed by atoms with Crippen molar-refractivity contribution in [1.82, 2.24) is 4.57 Å². The van der Waals surface area contributed by atoms with Gasteiger partial charge in [0.25, 0.3) is 0 Å². The van der Waals surface area contributed by atoms with Crippen LogP contribution >= 0.6 is 0 Å². The fourth-order valence-electron chi connectivity index (χ4n) is 2.13. The molecule has 0 amide bonds. The summed E-state index contributed by atoms with van der Waals surface area (Å²) in [6.07, 6.45) is -4.49. The summed E-state index contributed by atoms with van der Waals surface area (Å²) >= 11 is 0. The van der Waals surface area contributed by atoms with Gasteiger partial charge in [-0.3, -0.25) is 0 Å². The molecular formula is C12H12F4N2. The second kappa shape index (κ2) is 4.28. The number of hydrogen-bond donors (Lipinski definition) is 1. The molecule has 0 fully saturated rings. The normalized spacial score (nSPS) is 12.3. The molecule has 2 aromatic rings. The molecule has 0 atom stereocenters. The Bertz CT molecular complexity index is 584. The summed E-state index contributed by atoms with van der Waals surface area (Å²) in [6, 6.07) is 2.96. The number of rotatable bonds is 2. The molecule has 0 bridgehead atoms. The maximum absolute atomic E-state index is 13.7. The third-order valence-electron chi connectivity index (χ3n) is 2.87. The number of benzene rings is 1. The molecule has 0 saturated carbocycles. The summed E-state index contributed by atoms with van der Waals surface area (Å²) in [7, 11) is 0. The Morgan fingerprint density at radius 3 is 2.50 bits per heavy atom. The molecule has 1 heterocycles. The van der Waals surface area contributed by atoms with Crippen LogP contribution in [0.5, 0.6) is 0 Å². The molecule has 2 nitrogen and oxygen atoms in total. The van der Waals surface area contributed by atoms with E-state index in [9.17, 15) is 17.6 Å². The van der Waals surface area contributed by atoms with Gasteiger partial charge in [-0.15, -0.1) is 0 Å². The van der Waals surface area contributed by atoms with Crippen LogP contribution in [0.3, 0.4) is 0 Å². The molecule has 0 aliphatic rings. The Morgan fingerprint density at radius 2 is 1.94 bits per heavy atom. The van der Waals surface area contributed by atoms with Crippen molar-refractivity contribution in [1.29, 1.82) is 0 Å². The number of aryl methyl sites for hydroxylation is 1. The molecule has 0 spiro atoms. The molecule has 0 aliphatic carbocycles. The third-order valence-corrected chi connectivity index (χ3v) is 2.87. The minimum Gasteiger partial charge on any atom is -0.341 e. The summed E-state index contributed by atoms with van der Waals surface area (Å²) in [4.78, 5) is 0. The Balaban J connectivity index is 2.80. The molecule has 2 N–H and O–H groups in total. The Morgan fingerprint density at radius 1 is 1.28 bits per heavy atom. The van der Waals surface area contributed by atoms with Crippen LogP contribution in [0.1, 0.15) is 11.3 Å². The number of fused-ring (bicyclic) bond motifs is 1. The van der Waals surface area contributed by atoms with E-state index in [1.807, 2.05) is 0 Å². The first-order valence-electron chi connectivity index (χ1n) is 5.42. The molecular weight excluding hydrogens is 248 g/mol. The van der Waals surface area contributed by atoms with Crippen LogP contribution in [0.4, 0.5) is 17.6 Å². The zero-order valence-corrected chi connectivity index (χ0v) is 9.68. The largest absolute Gasteiger partial charge is 0.417 e. The SMILES string of the molecule is Cc1cc2c(C(F)(F)F)ccc(F)c2n1CCN. The lowest BCUT2D eigenvalue weighted by Gasteiger charge is -2.10. The van der Waals surface area contributed by atoms with Gasteiger partial charge in [-0.2, -0.15) is 13.2 Å². The minimum atomic E-state index is -4.49. The van der Waals surface area contributed by atoms with Crippen molar-refractivity contribution >= 4 is 10.9 Å². The van der Waals surface area contributed by atoms with Crippen LogP contribution < -0.4 is 5.73 Å². The van der Waals surface area contributed by atoms with Gasteiger partial charge in [-0.05, 0) is 25.1 Å². The van der Waals surface area contributed by atoms with Crippen molar-refractivity contribution in [3.05, 3.63) is 35.3 Å². The van der Waals surface area contributed by atoms with E-state index in [-0.39, 0.29) is 24.0 Å². The number of halogens is 4. The van der Waals surface area contributed by atoms with Crippen LogP contribution in [0, 0.1) is 12.7 Å². The lowest BCUT2D eigenvalue weighted by atomic mass is 10.1. The maximum Gasteiger partial charge on any atom is 0.417 e. The van der Waals surface area contributed by atoms with E-state index >= 15 is 0 Å². The summed E-state index contributed by atoms with van der Waals surface area (Å²) in [5, 5.41) is -0.117. The first kappa shape index (κ1) is 12.9. The number of alkyl halides is 3. The molecule has 0 radical (unpaired) electrons. The molecule has 0 aliphatic heterocycles. The van der Waals surface area contributed by atoms with Gasteiger partial charge >= 0.3 is 6.18 Å². The van der Waals surface area contributed by atoms with E-state index in [1.54, 1.807) is 6.92 Å². The highest BCUT2D eigenvalue weighted by molar-refractivity contribution is 5.86. The van der Waals surface area contributed by atoms with Gasteiger partial charge in [-0.1, -0.05) is 0 Å². The second-order valence-electron chi connectivity index (χ2n) is 4.08. The number of hydrogen-bond acceptors (Lipinski definition) is 1. The first-order chi connectivity index (χ1) is 8.36. The first-order valence-corrected chi connectivity index (χ1v) is 5.42. The zero-order chi connectivity index (χ0) is 13.5. The van der Waals surface area contributed by atoms with Crippen LogP contribution in [0.2, 0.25) is 0 Å². The molecule has 1 aromatic heterocycles. The van der Waals surface area contributed by atoms with E-state index in [0.717, 1.165) is 12.1 Å². The summed E-state index contributed by atoms with van der Waals surface area (Å²) in [5.74, 6) is -0.667. The van der Waals surface area contributed by atoms with Crippen LogP contribution in [-0.4, -0.2) is 11.1 Å². The molecule has 0 unspecified atom stereocenters. The fourth-order valence-corrected chi connectivity index (χ4v) is 2.13. The van der Waals surface area contributed by atoms with Gasteiger partial charge in [0.1, 0.15) is 5.82 Å². The molecule has 98 valence electrons. The highest BCUT2D eigenvalue weighted by atomic mass is 19.4. The number of nitrogens with zero attached hydrogens (tertiary/aromatic N) is 1. The third kappa shape index (κ3) is 1.96. The van der Waals surface area contributed by atoms with Crippen LogP contribution in [-0.2, 0) is 12.7 Å². The van der Waals surface area contributed by atoms with Gasteiger partial charge in [0.2, 0.25) is 0 Å².